The Balaban J connectivity index is 0.000000348. The molecule has 4 heteroatoms. The van der Waals surface area contributed by atoms with E-state index in [1.807, 2.05) is 48.5 Å². The Labute approximate surface area is 265 Å². The van der Waals surface area contributed by atoms with Crippen LogP contribution in [0.3, 0.4) is 0 Å². The number of aryl methyl sites for hydroxylation is 1. The van der Waals surface area contributed by atoms with Crippen LogP contribution in [0.15, 0.2) is 146 Å². The van der Waals surface area contributed by atoms with Crippen LogP contribution in [0.1, 0.15) is 41.7 Å². The van der Waals surface area contributed by atoms with E-state index in [-0.39, 0.29) is 5.41 Å². The number of nitrogens with two attached hydrogens (primary N) is 2. The largest absolute Gasteiger partial charge is 0.309 e. The fourth-order valence-corrected chi connectivity index (χ4v) is 6.69. The van der Waals surface area contributed by atoms with Crippen molar-refractivity contribution in [3.8, 4) is 16.8 Å². The van der Waals surface area contributed by atoms with Crippen LogP contribution < -0.4 is 11.7 Å². The van der Waals surface area contributed by atoms with Gasteiger partial charge in [0.25, 0.3) is 0 Å². The van der Waals surface area contributed by atoms with Crippen molar-refractivity contribution in [1.82, 2.24) is 4.57 Å². The molecule has 4 nitrogen and oxygen atoms in total. The first-order valence-electron chi connectivity index (χ1n) is 15.2. The zero-order valence-corrected chi connectivity index (χ0v) is 26.0. The SMILES string of the molecule is CC1(C)c2ccccc2-c2ccc3c(c21)c1ccccc1n3-c1ccc(C(=N)c2ccccc2)cc1.Cc1ccccc1.NN. The van der Waals surface area contributed by atoms with Gasteiger partial charge >= 0.3 is 0 Å². The van der Waals surface area contributed by atoms with Crippen molar-refractivity contribution in [2.45, 2.75) is 26.2 Å². The van der Waals surface area contributed by atoms with Crippen molar-refractivity contribution >= 4 is 27.5 Å². The third-order valence-corrected chi connectivity index (χ3v) is 8.77. The highest BCUT2D eigenvalue weighted by atomic mass is 15.0. The van der Waals surface area contributed by atoms with E-state index in [4.69, 9.17) is 5.41 Å². The molecule has 5 N–H and O–H groups in total. The Morgan fingerprint density at radius 2 is 1.16 bits per heavy atom. The van der Waals surface area contributed by atoms with Crippen molar-refractivity contribution in [3.05, 3.63) is 173 Å². The molecule has 7 aromatic rings. The minimum atomic E-state index is -0.0744. The predicted octanol–water partition coefficient (Wildman–Crippen LogP) is 9.32. The average molecular weight is 587 g/mol. The van der Waals surface area contributed by atoms with E-state index in [0.717, 1.165) is 16.8 Å². The van der Waals surface area contributed by atoms with Gasteiger partial charge in [0.1, 0.15) is 0 Å². The van der Waals surface area contributed by atoms with Crippen LogP contribution in [0.25, 0.3) is 38.6 Å². The zero-order chi connectivity index (χ0) is 31.6. The number of hydrogen-bond donors (Lipinski definition) is 3. The number of aromatic nitrogens is 1. The summed E-state index contributed by atoms with van der Waals surface area (Å²) >= 11 is 0. The molecule has 45 heavy (non-hydrogen) atoms. The second-order valence-electron chi connectivity index (χ2n) is 11.8. The van der Waals surface area contributed by atoms with Crippen LogP contribution in [0.4, 0.5) is 0 Å². The van der Waals surface area contributed by atoms with Crippen LogP contribution in [0, 0.1) is 12.3 Å². The van der Waals surface area contributed by atoms with E-state index in [1.54, 1.807) is 0 Å². The van der Waals surface area contributed by atoms with Gasteiger partial charge in [-0.3, -0.25) is 17.1 Å². The Morgan fingerprint density at radius 1 is 0.578 bits per heavy atom. The monoisotopic (exact) mass is 586 g/mol. The molecule has 0 fully saturated rings. The molecule has 222 valence electrons. The summed E-state index contributed by atoms with van der Waals surface area (Å²) < 4.78 is 2.37. The van der Waals surface area contributed by atoms with Crippen LogP contribution >= 0.6 is 0 Å². The molecule has 6 aromatic carbocycles. The van der Waals surface area contributed by atoms with Gasteiger partial charge in [0.05, 0.1) is 16.7 Å². The third kappa shape index (κ3) is 5.25. The van der Waals surface area contributed by atoms with Crippen LogP contribution in [0.2, 0.25) is 0 Å². The number of hydrogen-bond acceptors (Lipinski definition) is 3. The zero-order valence-electron chi connectivity index (χ0n) is 26.0. The fourth-order valence-electron chi connectivity index (χ4n) is 6.69. The molecule has 0 aliphatic heterocycles. The van der Waals surface area contributed by atoms with E-state index in [0.29, 0.717) is 5.71 Å². The number of hydrazine groups is 1. The molecule has 1 aromatic heterocycles. The lowest BCUT2D eigenvalue weighted by Gasteiger charge is -2.22. The first-order valence-corrected chi connectivity index (χ1v) is 15.2. The normalized spacial score (nSPS) is 12.4. The molecule has 0 radical (unpaired) electrons. The number of para-hydroxylation sites is 1. The highest BCUT2D eigenvalue weighted by Crippen LogP contribution is 2.53. The second-order valence-corrected chi connectivity index (χ2v) is 11.8. The number of benzene rings is 6. The number of fused-ring (bicyclic) bond motifs is 7. The highest BCUT2D eigenvalue weighted by Gasteiger charge is 2.37. The molecule has 0 spiro atoms. The predicted molar refractivity (Wildman–Crippen MR) is 190 cm³/mol. The lowest BCUT2D eigenvalue weighted by Crippen LogP contribution is -2.15. The van der Waals surface area contributed by atoms with Crippen molar-refractivity contribution in [2.24, 2.45) is 11.7 Å². The first kappa shape index (κ1) is 29.8. The van der Waals surface area contributed by atoms with Crippen molar-refractivity contribution in [2.75, 3.05) is 0 Å². The van der Waals surface area contributed by atoms with Crippen LogP contribution in [-0.2, 0) is 5.41 Å². The molecule has 1 aliphatic rings. The first-order chi connectivity index (χ1) is 21.9. The van der Waals surface area contributed by atoms with Gasteiger partial charge in [-0.05, 0) is 59.0 Å². The van der Waals surface area contributed by atoms with E-state index >= 15 is 0 Å². The van der Waals surface area contributed by atoms with Gasteiger partial charge in [-0.15, -0.1) is 0 Å². The van der Waals surface area contributed by atoms with E-state index in [9.17, 15) is 0 Å². The summed E-state index contributed by atoms with van der Waals surface area (Å²) in [6, 6.07) is 50.8. The summed E-state index contributed by atoms with van der Waals surface area (Å²) in [6.07, 6.45) is 0. The molecule has 0 atom stereocenters. The summed E-state index contributed by atoms with van der Waals surface area (Å²) in [5.41, 5.74) is 12.7. The van der Waals surface area contributed by atoms with Gasteiger partial charge in [-0.2, -0.15) is 0 Å². The molecule has 8 rings (SSSR count). The van der Waals surface area contributed by atoms with Crippen molar-refractivity contribution in [1.29, 1.82) is 5.41 Å². The van der Waals surface area contributed by atoms with Gasteiger partial charge in [-0.25, -0.2) is 0 Å². The van der Waals surface area contributed by atoms with Crippen LogP contribution in [0.5, 0.6) is 0 Å². The van der Waals surface area contributed by atoms with E-state index in [2.05, 4.69) is 134 Å². The summed E-state index contributed by atoms with van der Waals surface area (Å²) in [5.74, 6) is 8.00. The number of nitrogens with one attached hydrogen (secondary N) is 1. The molecule has 0 amide bonds. The van der Waals surface area contributed by atoms with Crippen molar-refractivity contribution < 1.29 is 0 Å². The van der Waals surface area contributed by atoms with E-state index in [1.165, 1.54) is 49.6 Å². The maximum absolute atomic E-state index is 8.66. The lowest BCUT2D eigenvalue weighted by molar-refractivity contribution is 0.666. The molecule has 0 unspecified atom stereocenters. The summed E-state index contributed by atoms with van der Waals surface area (Å²) in [7, 11) is 0. The van der Waals surface area contributed by atoms with Crippen LogP contribution in [-0.4, -0.2) is 10.3 Å². The Hall–Kier alpha value is -5.29. The van der Waals surface area contributed by atoms with Gasteiger partial charge in [-0.1, -0.05) is 141 Å². The van der Waals surface area contributed by atoms with Gasteiger partial charge in [0, 0.05) is 27.4 Å². The standard InChI is InChI=1S/C34H26N2.C7H8.H4N2/c1-34(2)28-14-8-6-12-25(28)26-20-21-30-31(32(26)34)27-13-7-9-15-29(27)36(30)24-18-16-23(17-19-24)33(35)22-10-4-3-5-11-22;1-7-5-3-2-4-6-7;1-2/h3-21,35H,1-2H3;2-6H,1H3;1-2H2. The molecule has 0 saturated carbocycles. The minimum absolute atomic E-state index is 0.0744. The Bertz CT molecular complexity index is 2110. The fraction of sp³-hybridized carbons (Fsp3) is 0.0976. The minimum Gasteiger partial charge on any atom is -0.309 e. The molecule has 0 bridgehead atoms. The molecule has 1 aliphatic carbocycles. The number of rotatable bonds is 3. The number of nitrogens with zero attached hydrogens (tertiary/aromatic N) is 1. The van der Waals surface area contributed by atoms with Gasteiger partial charge in [0.2, 0.25) is 0 Å². The average Bonchev–Trinajstić information content (AvgIpc) is 3.55. The topological polar surface area (TPSA) is 80.8 Å². The van der Waals surface area contributed by atoms with Crippen molar-refractivity contribution in [3.63, 3.8) is 0 Å². The smallest absolute Gasteiger partial charge is 0.0684 e. The van der Waals surface area contributed by atoms with E-state index < -0.39 is 0 Å². The quantitative estimate of drug-likeness (QED) is 0.110. The molecule has 0 saturated heterocycles. The summed E-state index contributed by atoms with van der Waals surface area (Å²) in [6.45, 7) is 6.79. The summed E-state index contributed by atoms with van der Waals surface area (Å²) in [4.78, 5) is 0. The maximum atomic E-state index is 8.66. The Morgan fingerprint density at radius 3 is 1.82 bits per heavy atom. The van der Waals surface area contributed by atoms with Gasteiger partial charge < -0.3 is 4.57 Å². The lowest BCUT2D eigenvalue weighted by atomic mass is 9.80. The Kier molecular flexibility index (Phi) is 8.18. The second kappa shape index (κ2) is 12.4. The third-order valence-electron chi connectivity index (χ3n) is 8.77. The molecular weight excluding hydrogens is 548 g/mol. The maximum Gasteiger partial charge on any atom is 0.0684 e. The van der Waals surface area contributed by atoms with Gasteiger partial charge in [0.15, 0.2) is 0 Å². The molecule has 1 heterocycles. The summed E-state index contributed by atoms with van der Waals surface area (Å²) in [5, 5.41) is 11.3. The highest BCUT2D eigenvalue weighted by molar-refractivity contribution is 6.14. The molecular formula is C41H38N4.